The minimum Gasteiger partial charge on any atom is -0.502 e. The first-order valence-electron chi connectivity index (χ1n) is 6.72. The van der Waals surface area contributed by atoms with Crippen LogP contribution in [0.4, 0.5) is 5.69 Å². The number of nitrogens with zero attached hydrogens (tertiary/aromatic N) is 3. The molecule has 8 nitrogen and oxygen atoms in total. The van der Waals surface area contributed by atoms with E-state index in [2.05, 4.69) is 10.3 Å². The normalized spacial score (nSPS) is 10.6. The number of hydrogen-bond donors (Lipinski definition) is 2. The van der Waals surface area contributed by atoms with E-state index in [-0.39, 0.29) is 12.1 Å². The molecule has 1 aromatic carbocycles. The highest BCUT2D eigenvalue weighted by Gasteiger charge is 2.15. The highest BCUT2D eigenvalue weighted by atomic mass is 16.6. The Balaban J connectivity index is 1.71. The number of fused-ring (bicyclic) bond motifs is 1. The molecule has 0 unspecified atom stereocenters. The van der Waals surface area contributed by atoms with Crippen LogP contribution in [-0.4, -0.2) is 25.3 Å². The molecule has 0 aliphatic heterocycles. The average molecular weight is 312 g/mol. The van der Waals surface area contributed by atoms with Gasteiger partial charge in [-0.05, 0) is 29.8 Å². The molecule has 0 aliphatic carbocycles. The highest BCUT2D eigenvalue weighted by molar-refractivity contribution is 5.95. The van der Waals surface area contributed by atoms with Crippen LogP contribution in [0.5, 0.6) is 5.75 Å². The van der Waals surface area contributed by atoms with E-state index in [0.29, 0.717) is 0 Å². The van der Waals surface area contributed by atoms with Gasteiger partial charge in [0.25, 0.3) is 5.91 Å². The van der Waals surface area contributed by atoms with Crippen LogP contribution in [0.2, 0.25) is 0 Å². The molecule has 116 valence electrons. The van der Waals surface area contributed by atoms with E-state index in [1.54, 1.807) is 6.20 Å². The summed E-state index contributed by atoms with van der Waals surface area (Å²) in [5.74, 6) is -0.972. The number of benzene rings is 1. The number of hydrogen-bond acceptors (Lipinski definition) is 5. The molecule has 2 aromatic heterocycles. The molecule has 1 amide bonds. The first-order valence-corrected chi connectivity index (χ1v) is 6.72. The molecule has 0 spiro atoms. The first kappa shape index (κ1) is 14.5. The van der Waals surface area contributed by atoms with Gasteiger partial charge in [-0.3, -0.25) is 14.9 Å². The molecule has 2 N–H and O–H groups in total. The zero-order chi connectivity index (χ0) is 16.4. The number of aromatic nitrogens is 2. The van der Waals surface area contributed by atoms with Gasteiger partial charge in [0, 0.05) is 36.8 Å². The predicted molar refractivity (Wildman–Crippen MR) is 81.1 cm³/mol. The van der Waals surface area contributed by atoms with Gasteiger partial charge in [-0.15, -0.1) is 0 Å². The van der Waals surface area contributed by atoms with Crippen LogP contribution in [0.3, 0.4) is 0 Å². The van der Waals surface area contributed by atoms with Crippen molar-refractivity contribution < 1.29 is 14.8 Å². The van der Waals surface area contributed by atoms with Gasteiger partial charge in [-0.2, -0.15) is 0 Å². The van der Waals surface area contributed by atoms with Crippen LogP contribution in [-0.2, 0) is 6.54 Å². The number of carbonyl (C=O) groups excluding carboxylic acids is 1. The zero-order valence-electron chi connectivity index (χ0n) is 11.8. The fourth-order valence-corrected chi connectivity index (χ4v) is 2.17. The topological polar surface area (TPSA) is 110 Å². The number of phenols is 1. The Morgan fingerprint density at radius 3 is 2.87 bits per heavy atom. The molecule has 3 aromatic rings. The van der Waals surface area contributed by atoms with Gasteiger partial charge in [0.1, 0.15) is 5.65 Å². The molecule has 0 fully saturated rings. The van der Waals surface area contributed by atoms with Crippen LogP contribution >= 0.6 is 0 Å². The summed E-state index contributed by atoms with van der Waals surface area (Å²) in [5, 5.41) is 22.9. The molecule has 3 rings (SSSR count). The van der Waals surface area contributed by atoms with Crippen LogP contribution in [0.25, 0.3) is 5.65 Å². The second kappa shape index (κ2) is 5.76. The average Bonchev–Trinajstić information content (AvgIpc) is 2.99. The van der Waals surface area contributed by atoms with Crippen molar-refractivity contribution in [1.29, 1.82) is 0 Å². The number of carbonyl (C=O) groups is 1. The van der Waals surface area contributed by atoms with Gasteiger partial charge in [0.2, 0.25) is 0 Å². The summed E-state index contributed by atoms with van der Waals surface area (Å²) in [4.78, 5) is 26.1. The Kier molecular flexibility index (Phi) is 3.63. The Morgan fingerprint density at radius 2 is 2.13 bits per heavy atom. The number of amides is 1. The van der Waals surface area contributed by atoms with Crippen molar-refractivity contribution in [2.45, 2.75) is 6.54 Å². The van der Waals surface area contributed by atoms with E-state index >= 15 is 0 Å². The lowest BCUT2D eigenvalue weighted by atomic mass is 10.1. The summed E-state index contributed by atoms with van der Waals surface area (Å²) in [6, 6.07) is 7.16. The van der Waals surface area contributed by atoms with Crippen molar-refractivity contribution in [3.8, 4) is 5.75 Å². The number of rotatable bonds is 4. The van der Waals surface area contributed by atoms with E-state index in [9.17, 15) is 20.0 Å². The number of phenolic OH excluding ortho intramolecular Hbond substituents is 1. The Bertz CT molecular complexity index is 903. The number of aromatic hydroxyl groups is 1. The van der Waals surface area contributed by atoms with Gasteiger partial charge in [-0.1, -0.05) is 0 Å². The zero-order valence-corrected chi connectivity index (χ0v) is 11.8. The molecule has 0 atom stereocenters. The SMILES string of the molecule is O=C(NCc1ccn2ccnc2c1)c1ccc([N+](=O)[O-])c(O)c1. The third-order valence-electron chi connectivity index (χ3n) is 3.35. The molecule has 0 saturated heterocycles. The smallest absolute Gasteiger partial charge is 0.310 e. The number of nitro groups is 1. The van der Waals surface area contributed by atoms with Crippen molar-refractivity contribution >= 4 is 17.2 Å². The van der Waals surface area contributed by atoms with E-state index in [0.717, 1.165) is 23.3 Å². The third-order valence-corrected chi connectivity index (χ3v) is 3.35. The Morgan fingerprint density at radius 1 is 1.30 bits per heavy atom. The fraction of sp³-hybridized carbons (Fsp3) is 0.0667. The number of pyridine rings is 1. The molecule has 2 heterocycles. The minimum atomic E-state index is -0.712. The maximum absolute atomic E-state index is 12.1. The van der Waals surface area contributed by atoms with E-state index in [1.807, 2.05) is 28.9 Å². The molecular formula is C15H12N4O4. The predicted octanol–water partition coefficient (Wildman–Crippen LogP) is 1.88. The molecule has 0 saturated carbocycles. The summed E-state index contributed by atoms with van der Waals surface area (Å²) < 4.78 is 1.85. The van der Waals surface area contributed by atoms with E-state index in [4.69, 9.17) is 0 Å². The van der Waals surface area contributed by atoms with E-state index in [1.165, 1.54) is 6.07 Å². The van der Waals surface area contributed by atoms with Crippen LogP contribution in [0.15, 0.2) is 48.9 Å². The molecule has 0 aliphatic rings. The summed E-state index contributed by atoms with van der Waals surface area (Å²) in [6.07, 6.45) is 5.33. The van der Waals surface area contributed by atoms with Crippen molar-refractivity contribution in [2.75, 3.05) is 0 Å². The van der Waals surface area contributed by atoms with Crippen molar-refractivity contribution in [2.24, 2.45) is 0 Å². The Labute approximate surface area is 130 Å². The molecule has 0 radical (unpaired) electrons. The first-order chi connectivity index (χ1) is 11.0. The minimum absolute atomic E-state index is 0.148. The lowest BCUT2D eigenvalue weighted by molar-refractivity contribution is -0.385. The second-order valence-corrected chi connectivity index (χ2v) is 4.87. The molecular weight excluding hydrogens is 300 g/mol. The Hall–Kier alpha value is -3.42. The quantitative estimate of drug-likeness (QED) is 0.564. The maximum atomic E-state index is 12.1. The highest BCUT2D eigenvalue weighted by Crippen LogP contribution is 2.26. The summed E-state index contributed by atoms with van der Waals surface area (Å²) in [5.41, 5.74) is 1.34. The molecule has 8 heteroatoms. The number of nitro benzene ring substituents is 1. The molecule has 0 bridgehead atoms. The summed E-state index contributed by atoms with van der Waals surface area (Å²) in [7, 11) is 0. The standard InChI is InChI=1S/C15H12N4O4/c20-13-8-11(1-2-12(13)19(22)23)15(21)17-9-10-3-5-18-6-4-16-14(18)7-10/h1-8,20H,9H2,(H,17,21). The summed E-state index contributed by atoms with van der Waals surface area (Å²) >= 11 is 0. The van der Waals surface area contributed by atoms with Crippen molar-refractivity contribution in [1.82, 2.24) is 14.7 Å². The maximum Gasteiger partial charge on any atom is 0.310 e. The van der Waals surface area contributed by atoms with Gasteiger partial charge < -0.3 is 14.8 Å². The van der Waals surface area contributed by atoms with Crippen LogP contribution in [0, 0.1) is 10.1 Å². The third kappa shape index (κ3) is 2.95. The van der Waals surface area contributed by atoms with Crippen molar-refractivity contribution in [3.63, 3.8) is 0 Å². The van der Waals surface area contributed by atoms with Crippen molar-refractivity contribution in [3.05, 3.63) is 70.2 Å². The van der Waals surface area contributed by atoms with Crippen LogP contribution < -0.4 is 5.32 Å². The largest absolute Gasteiger partial charge is 0.502 e. The second-order valence-electron chi connectivity index (χ2n) is 4.87. The lowest BCUT2D eigenvalue weighted by Gasteiger charge is -2.06. The lowest BCUT2D eigenvalue weighted by Crippen LogP contribution is -2.22. The van der Waals surface area contributed by atoms with Crippen LogP contribution in [0.1, 0.15) is 15.9 Å². The fourth-order valence-electron chi connectivity index (χ4n) is 2.17. The molecule has 23 heavy (non-hydrogen) atoms. The number of nitrogens with one attached hydrogen (secondary N) is 1. The summed E-state index contributed by atoms with van der Waals surface area (Å²) in [6.45, 7) is 0.278. The van der Waals surface area contributed by atoms with Gasteiger partial charge in [-0.25, -0.2) is 4.98 Å². The van der Waals surface area contributed by atoms with Gasteiger partial charge in [0.05, 0.1) is 4.92 Å². The number of imidazole rings is 1. The van der Waals surface area contributed by atoms with Gasteiger partial charge in [0.15, 0.2) is 5.75 Å². The van der Waals surface area contributed by atoms with E-state index < -0.39 is 22.3 Å². The van der Waals surface area contributed by atoms with Gasteiger partial charge >= 0.3 is 5.69 Å². The monoisotopic (exact) mass is 312 g/mol.